The highest BCUT2D eigenvalue weighted by atomic mass is 79.9. The van der Waals surface area contributed by atoms with Crippen LogP contribution in [0.4, 0.5) is 30.7 Å². The van der Waals surface area contributed by atoms with Gasteiger partial charge in [0.2, 0.25) is 0 Å². The molecule has 0 fully saturated rings. The van der Waals surface area contributed by atoms with Crippen LogP contribution in [-0.4, -0.2) is 17.4 Å². The zero-order chi connectivity index (χ0) is 20.8. The largest absolute Gasteiger partial charge is 0.460 e. The van der Waals surface area contributed by atoms with Crippen molar-refractivity contribution in [3.63, 3.8) is 0 Å². The molecule has 0 N–H and O–H groups in total. The first-order valence-corrected chi connectivity index (χ1v) is 9.72. The molecule has 0 aromatic heterocycles. The third-order valence-electron chi connectivity index (χ3n) is 3.13. The standard InChI is InChI=1S/C15H4Br2Cl2F7S/c16-6-4-7(17)11(12-8(18)2-1-3-9(12)19)10(5-6)27-15(25,26)13(20,21)14(22,23)24/h1-3,5H. The smallest absolute Gasteiger partial charge is 0.188 e. The Labute approximate surface area is 179 Å². The van der Waals surface area contributed by atoms with Gasteiger partial charge >= 0.3 is 17.4 Å². The van der Waals surface area contributed by atoms with Crippen molar-refractivity contribution in [3.05, 3.63) is 49.3 Å². The van der Waals surface area contributed by atoms with Crippen LogP contribution in [0, 0.1) is 6.07 Å². The van der Waals surface area contributed by atoms with Crippen molar-refractivity contribution in [1.82, 2.24) is 0 Å². The normalized spacial score (nSPS) is 13.1. The maximum Gasteiger partial charge on any atom is 0.460 e. The minimum Gasteiger partial charge on any atom is -0.188 e. The molecule has 0 nitrogen and oxygen atoms in total. The van der Waals surface area contributed by atoms with Crippen molar-refractivity contribution in [2.24, 2.45) is 0 Å². The average molecular weight is 580 g/mol. The molecule has 2 aromatic rings. The summed E-state index contributed by atoms with van der Waals surface area (Å²) < 4.78 is 91.8. The number of rotatable bonds is 4. The summed E-state index contributed by atoms with van der Waals surface area (Å²) in [4.78, 5) is -0.614. The molecule has 0 heterocycles. The van der Waals surface area contributed by atoms with E-state index >= 15 is 0 Å². The van der Waals surface area contributed by atoms with Crippen LogP contribution in [-0.2, 0) is 0 Å². The minimum atomic E-state index is -6.44. The van der Waals surface area contributed by atoms with Crippen LogP contribution in [0.2, 0.25) is 10.0 Å². The average Bonchev–Trinajstić information content (AvgIpc) is 2.47. The Hall–Kier alpha value is -0.160. The number of thioether (sulfide) groups is 1. The Morgan fingerprint density at radius 3 is 1.89 bits per heavy atom. The SMILES string of the molecule is FC(F)(F)C(F)(F)C(F)(F)Sc1cc(Br)[c]c(Br)c1-c1c(Cl)cccc1Cl. The number of halogens is 11. The number of alkyl halides is 7. The van der Waals surface area contributed by atoms with Gasteiger partial charge in [-0.05, 0) is 45.9 Å². The zero-order valence-corrected chi connectivity index (χ0v) is 17.9. The first-order chi connectivity index (χ1) is 12.2. The van der Waals surface area contributed by atoms with E-state index in [1.165, 1.54) is 18.2 Å². The zero-order valence-electron chi connectivity index (χ0n) is 12.4. The summed E-state index contributed by atoms with van der Waals surface area (Å²) in [6, 6.07) is 7.72. The highest BCUT2D eigenvalue weighted by molar-refractivity contribution is 9.11. The van der Waals surface area contributed by atoms with Crippen molar-refractivity contribution in [1.29, 1.82) is 0 Å². The van der Waals surface area contributed by atoms with E-state index in [9.17, 15) is 30.7 Å². The van der Waals surface area contributed by atoms with Crippen LogP contribution in [0.1, 0.15) is 0 Å². The van der Waals surface area contributed by atoms with E-state index in [4.69, 9.17) is 23.2 Å². The van der Waals surface area contributed by atoms with Gasteiger partial charge in [-0.25, -0.2) is 0 Å². The van der Waals surface area contributed by atoms with Gasteiger partial charge in [-0.1, -0.05) is 45.2 Å². The molecule has 2 rings (SSSR count). The second kappa shape index (κ2) is 7.93. The lowest BCUT2D eigenvalue weighted by Gasteiger charge is -2.28. The van der Waals surface area contributed by atoms with Crippen molar-refractivity contribution in [2.45, 2.75) is 22.2 Å². The minimum absolute atomic E-state index is 0.0134. The van der Waals surface area contributed by atoms with Crippen LogP contribution in [0.15, 0.2) is 38.1 Å². The maximum atomic E-state index is 13.9. The molecule has 0 unspecified atom stereocenters. The van der Waals surface area contributed by atoms with Gasteiger partial charge < -0.3 is 0 Å². The summed E-state index contributed by atoms with van der Waals surface area (Å²) in [5.74, 6) is -6.27. The predicted octanol–water partition coefficient (Wildman–Crippen LogP) is 8.87. The van der Waals surface area contributed by atoms with E-state index in [0.717, 1.165) is 6.07 Å². The summed E-state index contributed by atoms with van der Waals surface area (Å²) in [5, 5.41) is -5.55. The Bertz CT molecular complexity index is 852. The Morgan fingerprint density at radius 1 is 0.889 bits per heavy atom. The Balaban J connectivity index is 2.69. The first-order valence-electron chi connectivity index (χ1n) is 6.56. The second-order valence-electron chi connectivity index (χ2n) is 4.96. The van der Waals surface area contributed by atoms with E-state index in [1.54, 1.807) is 0 Å². The van der Waals surface area contributed by atoms with Gasteiger partial charge in [0.1, 0.15) is 0 Å². The van der Waals surface area contributed by atoms with Gasteiger partial charge in [0.25, 0.3) is 0 Å². The molecule has 0 saturated carbocycles. The lowest BCUT2D eigenvalue weighted by molar-refractivity contribution is -0.330. The summed E-state index contributed by atoms with van der Waals surface area (Å²) >= 11 is 17.1. The molecule has 0 bridgehead atoms. The summed E-state index contributed by atoms with van der Waals surface area (Å²) in [5.41, 5.74) is -0.221. The molecule has 1 radical (unpaired) electrons. The molecule has 0 saturated heterocycles. The quantitative estimate of drug-likeness (QED) is 0.257. The lowest BCUT2D eigenvalue weighted by Crippen LogP contribution is -2.49. The lowest BCUT2D eigenvalue weighted by atomic mass is 10.1. The molecule has 0 aliphatic rings. The molecule has 147 valence electrons. The fourth-order valence-corrected chi connectivity index (χ4v) is 5.11. The van der Waals surface area contributed by atoms with Crippen molar-refractivity contribution < 1.29 is 30.7 Å². The highest BCUT2D eigenvalue weighted by Crippen LogP contribution is 2.56. The van der Waals surface area contributed by atoms with E-state index in [2.05, 4.69) is 37.9 Å². The third-order valence-corrected chi connectivity index (χ3v) is 5.83. The Morgan fingerprint density at radius 2 is 1.41 bits per heavy atom. The van der Waals surface area contributed by atoms with E-state index in [1.807, 2.05) is 0 Å². The molecule has 0 spiro atoms. The predicted molar refractivity (Wildman–Crippen MR) is 97.9 cm³/mol. The molecule has 0 aliphatic carbocycles. The number of hydrogen-bond donors (Lipinski definition) is 0. The van der Waals surface area contributed by atoms with Crippen LogP contribution in [0.3, 0.4) is 0 Å². The fraction of sp³-hybridized carbons (Fsp3) is 0.200. The second-order valence-corrected chi connectivity index (χ2v) is 8.58. The molecule has 0 amide bonds. The van der Waals surface area contributed by atoms with Gasteiger partial charge in [-0.15, -0.1) is 0 Å². The van der Waals surface area contributed by atoms with Gasteiger partial charge in [-0.2, -0.15) is 30.7 Å². The van der Waals surface area contributed by atoms with Gasteiger partial charge in [0, 0.05) is 41.1 Å². The molecule has 0 aliphatic heterocycles. The highest BCUT2D eigenvalue weighted by Gasteiger charge is 2.73. The molecular weight excluding hydrogens is 576 g/mol. The number of benzene rings is 2. The van der Waals surface area contributed by atoms with Gasteiger partial charge in [0.05, 0.1) is 0 Å². The van der Waals surface area contributed by atoms with E-state index in [-0.39, 0.29) is 30.1 Å². The maximum absolute atomic E-state index is 13.9. The molecule has 27 heavy (non-hydrogen) atoms. The number of hydrogen-bond acceptors (Lipinski definition) is 1. The van der Waals surface area contributed by atoms with E-state index < -0.39 is 34.0 Å². The van der Waals surface area contributed by atoms with Crippen LogP contribution in [0.25, 0.3) is 11.1 Å². The summed E-state index contributed by atoms with van der Waals surface area (Å²) in [7, 11) is 0. The third kappa shape index (κ3) is 4.55. The topological polar surface area (TPSA) is 0 Å². The summed E-state index contributed by atoms with van der Waals surface area (Å²) in [6.07, 6.45) is -6.44. The summed E-state index contributed by atoms with van der Waals surface area (Å²) in [6.45, 7) is 0. The van der Waals surface area contributed by atoms with Crippen molar-refractivity contribution >= 4 is 66.8 Å². The first kappa shape index (κ1) is 23.1. The van der Waals surface area contributed by atoms with E-state index in [0.29, 0.717) is 0 Å². The molecule has 0 atom stereocenters. The van der Waals surface area contributed by atoms with Crippen LogP contribution in [0.5, 0.6) is 0 Å². The van der Waals surface area contributed by atoms with Gasteiger partial charge in [0.15, 0.2) is 0 Å². The molecule has 2 aromatic carbocycles. The van der Waals surface area contributed by atoms with Crippen LogP contribution >= 0.6 is 66.8 Å². The molecule has 12 heteroatoms. The van der Waals surface area contributed by atoms with Crippen LogP contribution < -0.4 is 0 Å². The Kier molecular flexibility index (Phi) is 6.79. The fourth-order valence-electron chi connectivity index (χ4n) is 1.92. The van der Waals surface area contributed by atoms with Gasteiger partial charge in [-0.3, -0.25) is 0 Å². The van der Waals surface area contributed by atoms with Crippen molar-refractivity contribution in [2.75, 3.05) is 0 Å². The monoisotopic (exact) mass is 577 g/mol. The molecular formula is C15H4Br2Cl2F7S. The van der Waals surface area contributed by atoms with Crippen molar-refractivity contribution in [3.8, 4) is 11.1 Å².